The van der Waals surface area contributed by atoms with Crippen LogP contribution in [0.3, 0.4) is 0 Å². The van der Waals surface area contributed by atoms with E-state index >= 15 is 0 Å². The number of rotatable bonds is 6. The number of hydrazine groups is 1. The molecule has 13 heteroatoms. The van der Waals surface area contributed by atoms with E-state index in [0.29, 0.717) is 38.5 Å². The Morgan fingerprint density at radius 3 is 2.43 bits per heavy atom. The molecule has 0 spiro atoms. The van der Waals surface area contributed by atoms with Crippen LogP contribution in [0.4, 0.5) is 17.6 Å². The molecule has 4 saturated carbocycles. The van der Waals surface area contributed by atoms with Crippen LogP contribution in [0.1, 0.15) is 57.8 Å². The minimum absolute atomic E-state index is 0.146. The lowest BCUT2D eigenvalue weighted by Gasteiger charge is -2.56. The van der Waals surface area contributed by atoms with Gasteiger partial charge in [-0.25, -0.2) is 14.8 Å². The summed E-state index contributed by atoms with van der Waals surface area (Å²) in [6.45, 7) is -0.248. The molecular formula is C22H33ClF4N4O4. The minimum atomic E-state index is -4.44. The van der Waals surface area contributed by atoms with E-state index in [-0.39, 0.29) is 32.0 Å². The standard InChI is InChI=1S/C22H33ClF4N4O4/c1-31-16(22(25,26)27)9-15(30-31)19(34)29-20-4-6-21(7-5-20,17(32)10-20)28-18(33)11-35-12-2-3-13(23)14(24)8-12/h12-17,30,32H,2-11H2,1H3,(H,28,33)(H,29,34). The molecule has 8 nitrogen and oxygen atoms in total. The van der Waals surface area contributed by atoms with E-state index in [9.17, 15) is 32.3 Å². The molecule has 35 heavy (non-hydrogen) atoms. The van der Waals surface area contributed by atoms with E-state index < -0.39 is 58.8 Å². The topological polar surface area (TPSA) is 103 Å². The van der Waals surface area contributed by atoms with E-state index in [2.05, 4.69) is 16.1 Å². The Hall–Kier alpha value is -1.21. The van der Waals surface area contributed by atoms with Crippen molar-refractivity contribution in [1.82, 2.24) is 21.1 Å². The first-order valence-corrected chi connectivity index (χ1v) is 12.5. The van der Waals surface area contributed by atoms with Gasteiger partial charge < -0.3 is 20.5 Å². The molecule has 200 valence electrons. The Labute approximate surface area is 206 Å². The molecule has 0 aromatic carbocycles. The molecule has 0 aromatic heterocycles. The molecular weight excluding hydrogens is 496 g/mol. The van der Waals surface area contributed by atoms with Crippen molar-refractivity contribution in [1.29, 1.82) is 0 Å². The summed E-state index contributed by atoms with van der Waals surface area (Å²) in [5, 5.41) is 17.0. The molecule has 6 atom stereocenters. The van der Waals surface area contributed by atoms with Crippen molar-refractivity contribution in [2.45, 2.75) is 111 Å². The summed E-state index contributed by atoms with van der Waals surface area (Å²) in [7, 11) is 1.26. The van der Waals surface area contributed by atoms with Crippen LogP contribution in [-0.2, 0) is 14.3 Å². The van der Waals surface area contributed by atoms with Crippen LogP contribution in [0.25, 0.3) is 0 Å². The quantitative estimate of drug-likeness (QED) is 0.309. The Balaban J connectivity index is 1.27. The van der Waals surface area contributed by atoms with Crippen molar-refractivity contribution >= 4 is 23.4 Å². The third-order valence-electron chi connectivity index (χ3n) is 8.17. The average molecular weight is 529 g/mol. The molecule has 5 fully saturated rings. The summed E-state index contributed by atoms with van der Waals surface area (Å²) in [6.07, 6.45) is -4.15. The zero-order chi connectivity index (χ0) is 25.6. The molecule has 5 rings (SSSR count). The van der Waals surface area contributed by atoms with Gasteiger partial charge in [0, 0.05) is 19.0 Å². The molecule has 5 aliphatic rings. The SMILES string of the molecule is CN1NC(C(=O)NC23CCC(NC(=O)COC4CCC(Cl)C(F)C4)(CC2)C(O)C3)CC1C(F)(F)F. The lowest BCUT2D eigenvalue weighted by atomic mass is 9.59. The summed E-state index contributed by atoms with van der Waals surface area (Å²) < 4.78 is 58.8. The largest absolute Gasteiger partial charge is 0.405 e. The highest BCUT2D eigenvalue weighted by atomic mass is 35.5. The number of fused-ring (bicyclic) bond motifs is 3. The van der Waals surface area contributed by atoms with E-state index in [4.69, 9.17) is 16.3 Å². The van der Waals surface area contributed by atoms with E-state index in [1.165, 1.54) is 7.05 Å². The predicted molar refractivity (Wildman–Crippen MR) is 118 cm³/mol. The minimum Gasteiger partial charge on any atom is -0.391 e. The number of aliphatic hydroxyl groups excluding tert-OH is 1. The molecule has 1 heterocycles. The first-order valence-electron chi connectivity index (χ1n) is 12.1. The van der Waals surface area contributed by atoms with Crippen LogP contribution in [-0.4, -0.2) is 88.7 Å². The predicted octanol–water partition coefficient (Wildman–Crippen LogP) is 1.69. The summed E-state index contributed by atoms with van der Waals surface area (Å²) in [6, 6.07) is -2.76. The van der Waals surface area contributed by atoms with Gasteiger partial charge >= 0.3 is 6.18 Å². The summed E-state index contributed by atoms with van der Waals surface area (Å²) >= 11 is 5.88. The number of hydrogen-bond donors (Lipinski definition) is 4. The Morgan fingerprint density at radius 2 is 1.86 bits per heavy atom. The summed E-state index contributed by atoms with van der Waals surface area (Å²) in [5.41, 5.74) is 1.00. The molecule has 2 amide bonds. The maximum atomic E-state index is 13.8. The maximum absolute atomic E-state index is 13.8. The van der Waals surface area contributed by atoms with Crippen molar-refractivity contribution in [3.05, 3.63) is 0 Å². The van der Waals surface area contributed by atoms with Gasteiger partial charge in [-0.3, -0.25) is 9.59 Å². The molecule has 4 N–H and O–H groups in total. The van der Waals surface area contributed by atoms with Gasteiger partial charge in [0.05, 0.1) is 23.1 Å². The second-order valence-electron chi connectivity index (χ2n) is 10.6. The molecule has 1 saturated heterocycles. The molecule has 2 bridgehead atoms. The number of alkyl halides is 5. The number of nitrogens with one attached hydrogen (secondary N) is 3. The van der Waals surface area contributed by atoms with Gasteiger partial charge in [-0.2, -0.15) is 13.2 Å². The van der Waals surface area contributed by atoms with Gasteiger partial charge in [0.1, 0.15) is 24.9 Å². The number of nitrogens with zero attached hydrogens (tertiary/aromatic N) is 1. The number of carbonyl (C=O) groups is 2. The highest BCUT2D eigenvalue weighted by molar-refractivity contribution is 6.21. The number of ether oxygens (including phenoxy) is 1. The average Bonchev–Trinajstić information content (AvgIpc) is 3.18. The van der Waals surface area contributed by atoms with Crippen molar-refractivity contribution in [3.8, 4) is 0 Å². The zero-order valence-corrected chi connectivity index (χ0v) is 20.3. The Morgan fingerprint density at radius 1 is 1.17 bits per heavy atom. The van der Waals surface area contributed by atoms with Crippen molar-refractivity contribution in [3.63, 3.8) is 0 Å². The second kappa shape index (κ2) is 9.92. The van der Waals surface area contributed by atoms with Crippen LogP contribution in [0.15, 0.2) is 0 Å². The molecule has 6 unspecified atom stereocenters. The zero-order valence-electron chi connectivity index (χ0n) is 19.5. The first kappa shape index (κ1) is 26.8. The van der Waals surface area contributed by atoms with Gasteiger partial charge in [-0.05, 0) is 51.4 Å². The maximum Gasteiger partial charge on any atom is 0.405 e. The van der Waals surface area contributed by atoms with Crippen molar-refractivity contribution < 1.29 is 37.0 Å². The van der Waals surface area contributed by atoms with Crippen molar-refractivity contribution in [2.75, 3.05) is 13.7 Å². The van der Waals surface area contributed by atoms with E-state index in [0.717, 1.165) is 5.01 Å². The number of hydrogen-bond acceptors (Lipinski definition) is 6. The third kappa shape index (κ3) is 5.71. The normalized spacial score (nSPS) is 42.1. The number of amides is 2. The molecule has 0 radical (unpaired) electrons. The fourth-order valence-corrected chi connectivity index (χ4v) is 6.23. The van der Waals surface area contributed by atoms with Gasteiger partial charge in [0.25, 0.3) is 0 Å². The van der Waals surface area contributed by atoms with E-state index in [1.54, 1.807) is 0 Å². The van der Waals surface area contributed by atoms with Crippen molar-refractivity contribution in [2.24, 2.45) is 0 Å². The smallest absolute Gasteiger partial charge is 0.391 e. The van der Waals surface area contributed by atoms with Gasteiger partial charge in [0.15, 0.2) is 0 Å². The molecule has 4 aliphatic carbocycles. The molecule has 1 aliphatic heterocycles. The molecule has 0 aromatic rings. The fourth-order valence-electron chi connectivity index (χ4n) is 6.00. The number of halogens is 5. The number of aliphatic hydroxyl groups is 1. The second-order valence-corrected chi connectivity index (χ2v) is 11.1. The van der Waals surface area contributed by atoms with E-state index in [1.807, 2.05) is 0 Å². The lowest BCUT2D eigenvalue weighted by molar-refractivity contribution is -0.176. The highest BCUT2D eigenvalue weighted by Gasteiger charge is 2.56. The van der Waals surface area contributed by atoms with Gasteiger partial charge in [-0.15, -0.1) is 11.6 Å². The third-order valence-corrected chi connectivity index (χ3v) is 8.66. The Bertz CT molecular complexity index is 811. The van der Waals surface area contributed by atoms with Crippen LogP contribution in [0, 0.1) is 0 Å². The first-order chi connectivity index (χ1) is 16.3. The fraction of sp³-hybridized carbons (Fsp3) is 0.909. The van der Waals surface area contributed by atoms with Crippen LogP contribution in [0.2, 0.25) is 0 Å². The van der Waals surface area contributed by atoms with Gasteiger partial charge in [0.2, 0.25) is 11.8 Å². The number of carbonyl (C=O) groups excluding carboxylic acids is 2. The van der Waals surface area contributed by atoms with Crippen LogP contribution in [0.5, 0.6) is 0 Å². The monoisotopic (exact) mass is 528 g/mol. The Kier molecular flexibility index (Phi) is 7.61. The van der Waals surface area contributed by atoms with Crippen LogP contribution < -0.4 is 16.1 Å². The summed E-state index contributed by atoms with van der Waals surface area (Å²) in [4.78, 5) is 25.3. The summed E-state index contributed by atoms with van der Waals surface area (Å²) in [5.74, 6) is -0.928. The lowest BCUT2D eigenvalue weighted by Crippen LogP contribution is -2.71. The van der Waals surface area contributed by atoms with Crippen LogP contribution >= 0.6 is 11.6 Å². The highest BCUT2D eigenvalue weighted by Crippen LogP contribution is 2.47. The van der Waals surface area contributed by atoms with Gasteiger partial charge in [-0.1, -0.05) is 0 Å².